The second-order valence-corrected chi connectivity index (χ2v) is 5.42. The fraction of sp³-hybridized carbons (Fsp3) is 0.188. The van der Waals surface area contributed by atoms with Crippen molar-refractivity contribution >= 4 is 27.6 Å². The highest BCUT2D eigenvalue weighted by atomic mass is 79.9. The van der Waals surface area contributed by atoms with Crippen LogP contribution in [-0.2, 0) is 22.5 Å². The van der Waals surface area contributed by atoms with Crippen molar-refractivity contribution in [1.29, 1.82) is 0 Å². The smallest absolute Gasteiger partial charge is 0.309 e. The van der Waals surface area contributed by atoms with Crippen LogP contribution in [0.25, 0.3) is 0 Å². The van der Waals surface area contributed by atoms with Crippen molar-refractivity contribution in [2.24, 2.45) is 0 Å². The third kappa shape index (κ3) is 4.29. The maximum atomic E-state index is 13.7. The van der Waals surface area contributed by atoms with Crippen LogP contribution in [-0.4, -0.2) is 13.1 Å². The van der Waals surface area contributed by atoms with Gasteiger partial charge in [0, 0.05) is 11.0 Å². The van der Waals surface area contributed by atoms with Gasteiger partial charge in [-0.05, 0) is 29.3 Å². The number of carbonyl (C=O) groups excluding carboxylic acids is 1. The summed E-state index contributed by atoms with van der Waals surface area (Å²) in [5.74, 6) is -0.611. The molecule has 110 valence electrons. The van der Waals surface area contributed by atoms with Crippen molar-refractivity contribution in [3.8, 4) is 0 Å². The summed E-state index contributed by atoms with van der Waals surface area (Å²) >= 11 is 3.31. The van der Waals surface area contributed by atoms with Crippen molar-refractivity contribution in [3.05, 3.63) is 63.9 Å². The molecule has 2 aromatic rings. The largest absolute Gasteiger partial charge is 0.469 e. The first-order valence-corrected chi connectivity index (χ1v) is 7.22. The molecule has 21 heavy (non-hydrogen) atoms. The Labute approximate surface area is 131 Å². The van der Waals surface area contributed by atoms with Gasteiger partial charge in [0.25, 0.3) is 0 Å². The van der Waals surface area contributed by atoms with Crippen LogP contribution < -0.4 is 5.32 Å². The normalized spacial score (nSPS) is 10.2. The molecule has 0 aliphatic heterocycles. The molecule has 2 rings (SSSR count). The molecular formula is C16H15BrFNO2. The number of hydrogen-bond acceptors (Lipinski definition) is 3. The number of nitrogens with one attached hydrogen (secondary N) is 1. The van der Waals surface area contributed by atoms with Crippen molar-refractivity contribution < 1.29 is 13.9 Å². The predicted molar refractivity (Wildman–Crippen MR) is 83.6 cm³/mol. The zero-order chi connectivity index (χ0) is 15.2. The fourth-order valence-electron chi connectivity index (χ4n) is 1.95. The molecule has 0 spiro atoms. The molecular weight excluding hydrogens is 337 g/mol. The zero-order valence-corrected chi connectivity index (χ0v) is 13.1. The summed E-state index contributed by atoms with van der Waals surface area (Å²) in [6.07, 6.45) is 0.204. The number of benzene rings is 2. The lowest BCUT2D eigenvalue weighted by atomic mass is 10.0. The summed E-state index contributed by atoms with van der Waals surface area (Å²) in [4.78, 5) is 11.4. The Balaban J connectivity index is 2.13. The highest BCUT2D eigenvalue weighted by Crippen LogP contribution is 2.21. The van der Waals surface area contributed by atoms with E-state index in [9.17, 15) is 9.18 Å². The summed E-state index contributed by atoms with van der Waals surface area (Å²) in [5, 5.41) is 3.04. The summed E-state index contributed by atoms with van der Waals surface area (Å²) in [6, 6.07) is 12.2. The Hall–Kier alpha value is -1.88. The molecule has 0 atom stereocenters. The third-order valence-electron chi connectivity index (χ3n) is 3.08. The van der Waals surface area contributed by atoms with Crippen LogP contribution in [0.3, 0.4) is 0 Å². The summed E-state index contributed by atoms with van der Waals surface area (Å²) in [7, 11) is 1.36. The summed E-state index contributed by atoms with van der Waals surface area (Å²) < 4.78 is 19.2. The first kappa shape index (κ1) is 15.5. The number of ether oxygens (including phenoxy) is 1. The lowest BCUT2D eigenvalue weighted by molar-refractivity contribution is -0.139. The highest BCUT2D eigenvalue weighted by Gasteiger charge is 2.08. The molecule has 0 aliphatic carbocycles. The van der Waals surface area contributed by atoms with Crippen molar-refractivity contribution in [2.45, 2.75) is 13.0 Å². The Bertz CT molecular complexity index is 646. The molecule has 0 aliphatic rings. The monoisotopic (exact) mass is 351 g/mol. The zero-order valence-electron chi connectivity index (χ0n) is 11.5. The van der Waals surface area contributed by atoms with Gasteiger partial charge in [-0.1, -0.05) is 40.2 Å². The van der Waals surface area contributed by atoms with Crippen molar-refractivity contribution in [1.82, 2.24) is 0 Å². The van der Waals surface area contributed by atoms with Gasteiger partial charge in [-0.25, -0.2) is 4.39 Å². The number of carbonyl (C=O) groups is 1. The molecule has 5 heteroatoms. The van der Waals surface area contributed by atoms with Gasteiger partial charge in [0.05, 0.1) is 19.2 Å². The minimum atomic E-state index is -0.316. The number of esters is 1. The number of anilines is 1. The first-order chi connectivity index (χ1) is 10.1. The molecule has 0 saturated heterocycles. The molecule has 0 amide bonds. The van der Waals surface area contributed by atoms with E-state index in [0.717, 1.165) is 15.6 Å². The predicted octanol–water partition coefficient (Wildman–Crippen LogP) is 3.92. The van der Waals surface area contributed by atoms with E-state index in [2.05, 4.69) is 26.0 Å². The van der Waals surface area contributed by atoms with E-state index in [0.29, 0.717) is 12.2 Å². The number of methoxy groups -OCH3 is 1. The topological polar surface area (TPSA) is 38.3 Å². The lowest BCUT2D eigenvalue weighted by Crippen LogP contribution is -2.09. The maximum absolute atomic E-state index is 13.7. The van der Waals surface area contributed by atoms with Crippen LogP contribution in [0.2, 0.25) is 0 Å². The molecule has 0 heterocycles. The van der Waals surface area contributed by atoms with Crippen LogP contribution in [0.1, 0.15) is 11.1 Å². The molecule has 0 saturated carbocycles. The van der Waals surface area contributed by atoms with E-state index < -0.39 is 0 Å². The van der Waals surface area contributed by atoms with Gasteiger partial charge in [-0.15, -0.1) is 0 Å². The first-order valence-electron chi connectivity index (χ1n) is 6.42. The van der Waals surface area contributed by atoms with E-state index in [4.69, 9.17) is 0 Å². The van der Waals surface area contributed by atoms with E-state index in [-0.39, 0.29) is 18.2 Å². The van der Waals surface area contributed by atoms with Gasteiger partial charge >= 0.3 is 5.97 Å². The van der Waals surface area contributed by atoms with Gasteiger partial charge in [-0.3, -0.25) is 4.79 Å². The van der Waals surface area contributed by atoms with E-state index in [1.807, 2.05) is 24.3 Å². The molecule has 1 N–H and O–H groups in total. The fourth-order valence-corrected chi connectivity index (χ4v) is 2.31. The van der Waals surface area contributed by atoms with Gasteiger partial charge in [0.15, 0.2) is 0 Å². The van der Waals surface area contributed by atoms with Crippen LogP contribution in [0, 0.1) is 5.82 Å². The van der Waals surface area contributed by atoms with Gasteiger partial charge in [0.2, 0.25) is 0 Å². The maximum Gasteiger partial charge on any atom is 0.309 e. The number of halogens is 2. The van der Waals surface area contributed by atoms with Gasteiger partial charge in [-0.2, -0.15) is 0 Å². The van der Waals surface area contributed by atoms with Crippen LogP contribution in [0.15, 0.2) is 46.9 Å². The molecule has 3 nitrogen and oxygen atoms in total. The number of rotatable bonds is 5. The molecule has 0 fully saturated rings. The summed E-state index contributed by atoms with van der Waals surface area (Å²) in [5.41, 5.74) is 2.21. The van der Waals surface area contributed by atoms with Crippen molar-refractivity contribution in [2.75, 3.05) is 12.4 Å². The van der Waals surface area contributed by atoms with Crippen LogP contribution in [0.5, 0.6) is 0 Å². The van der Waals surface area contributed by atoms with Gasteiger partial charge < -0.3 is 10.1 Å². The van der Waals surface area contributed by atoms with Crippen molar-refractivity contribution in [3.63, 3.8) is 0 Å². The quantitative estimate of drug-likeness (QED) is 0.829. The average molecular weight is 352 g/mol. The molecule has 0 radical (unpaired) electrons. The Kier molecular flexibility index (Phi) is 5.33. The minimum absolute atomic E-state index is 0.204. The van der Waals surface area contributed by atoms with Crippen LogP contribution in [0.4, 0.5) is 10.1 Å². The Morgan fingerprint density at radius 1 is 1.24 bits per heavy atom. The lowest BCUT2D eigenvalue weighted by Gasteiger charge is -2.12. The van der Waals surface area contributed by atoms with E-state index in [1.54, 1.807) is 12.1 Å². The molecule has 0 aromatic heterocycles. The molecule has 0 bridgehead atoms. The minimum Gasteiger partial charge on any atom is -0.469 e. The highest BCUT2D eigenvalue weighted by molar-refractivity contribution is 9.10. The average Bonchev–Trinajstić information content (AvgIpc) is 2.49. The van der Waals surface area contributed by atoms with Crippen LogP contribution >= 0.6 is 15.9 Å². The Morgan fingerprint density at radius 3 is 2.67 bits per heavy atom. The third-order valence-corrected chi connectivity index (χ3v) is 3.57. The molecule has 0 unspecified atom stereocenters. The molecule has 2 aromatic carbocycles. The van der Waals surface area contributed by atoms with E-state index in [1.165, 1.54) is 13.2 Å². The Morgan fingerprint density at radius 2 is 1.95 bits per heavy atom. The SMILES string of the molecule is COC(=O)Cc1ccccc1CNc1cc(Br)ccc1F. The standard InChI is InChI=1S/C16H15BrFNO2/c1-21-16(20)8-11-4-2-3-5-12(11)10-19-15-9-13(17)6-7-14(15)18/h2-7,9,19H,8,10H2,1H3. The number of hydrogen-bond donors (Lipinski definition) is 1. The summed E-state index contributed by atoms with van der Waals surface area (Å²) in [6.45, 7) is 0.431. The second-order valence-electron chi connectivity index (χ2n) is 4.50. The second kappa shape index (κ2) is 7.22. The van der Waals surface area contributed by atoms with Gasteiger partial charge in [0.1, 0.15) is 5.82 Å². The van der Waals surface area contributed by atoms with E-state index >= 15 is 0 Å².